The number of amides is 1. The Morgan fingerprint density at radius 2 is 2.22 bits per heavy atom. The minimum absolute atomic E-state index is 0.239. The number of hydrogen-bond donors (Lipinski definition) is 3. The van der Waals surface area contributed by atoms with Crippen molar-refractivity contribution in [3.05, 3.63) is 35.9 Å². The molecule has 0 unspecified atom stereocenters. The van der Waals surface area contributed by atoms with Crippen LogP contribution in [0.25, 0.3) is 0 Å². The van der Waals surface area contributed by atoms with Gasteiger partial charge in [-0.2, -0.15) is 0 Å². The molecule has 5 nitrogen and oxygen atoms in total. The number of benzene rings is 1. The summed E-state index contributed by atoms with van der Waals surface area (Å²) in [4.78, 5) is 11.6. The maximum absolute atomic E-state index is 11.6. The fourth-order valence-electron chi connectivity index (χ4n) is 1.91. The third-order valence-corrected chi connectivity index (χ3v) is 2.96. The molecular formula is C13H18N2O3. The van der Waals surface area contributed by atoms with E-state index in [1.165, 1.54) is 0 Å². The lowest BCUT2D eigenvalue weighted by molar-refractivity contribution is 0.0843. The summed E-state index contributed by atoms with van der Waals surface area (Å²) in [6.07, 6.45) is -0.356. The van der Waals surface area contributed by atoms with Gasteiger partial charge in [0, 0.05) is 6.54 Å². The van der Waals surface area contributed by atoms with Crippen molar-refractivity contribution in [2.75, 3.05) is 13.1 Å². The number of piperidine rings is 1. The molecule has 1 aliphatic heterocycles. The number of hydrogen-bond acceptors (Lipinski definition) is 4. The molecule has 98 valence electrons. The van der Waals surface area contributed by atoms with E-state index in [1.807, 2.05) is 30.3 Å². The van der Waals surface area contributed by atoms with Crippen molar-refractivity contribution >= 4 is 6.09 Å². The van der Waals surface area contributed by atoms with Crippen LogP contribution in [-0.2, 0) is 11.3 Å². The van der Waals surface area contributed by atoms with Crippen LogP contribution >= 0.6 is 0 Å². The van der Waals surface area contributed by atoms with Gasteiger partial charge in [0.25, 0.3) is 0 Å². The van der Waals surface area contributed by atoms with E-state index in [4.69, 9.17) is 4.74 Å². The average molecular weight is 250 g/mol. The van der Waals surface area contributed by atoms with Crippen LogP contribution in [0.3, 0.4) is 0 Å². The van der Waals surface area contributed by atoms with Gasteiger partial charge in [-0.25, -0.2) is 4.79 Å². The highest BCUT2D eigenvalue weighted by Gasteiger charge is 2.24. The van der Waals surface area contributed by atoms with Gasteiger partial charge in [0.05, 0.1) is 12.1 Å². The Kier molecular flexibility index (Phi) is 4.55. The van der Waals surface area contributed by atoms with Crippen LogP contribution < -0.4 is 10.6 Å². The Balaban J connectivity index is 1.75. The molecule has 2 rings (SSSR count). The number of ether oxygens (including phenoxy) is 1. The predicted octanol–water partition coefficient (Wildman–Crippen LogP) is 0.636. The maximum atomic E-state index is 11.6. The average Bonchev–Trinajstić information content (AvgIpc) is 2.40. The molecule has 1 fully saturated rings. The Labute approximate surface area is 106 Å². The molecule has 1 saturated heterocycles. The lowest BCUT2D eigenvalue weighted by Gasteiger charge is -2.28. The zero-order chi connectivity index (χ0) is 12.8. The molecule has 0 radical (unpaired) electrons. The molecule has 1 amide bonds. The summed E-state index contributed by atoms with van der Waals surface area (Å²) in [5, 5.41) is 15.5. The van der Waals surface area contributed by atoms with E-state index >= 15 is 0 Å². The molecule has 3 N–H and O–H groups in total. The second-order valence-electron chi connectivity index (χ2n) is 4.37. The number of carbonyl (C=O) groups excluding carboxylic acids is 1. The SMILES string of the molecule is O=C(N[C@@H]1CNCC[C@@H]1O)OCc1ccccc1. The second kappa shape index (κ2) is 6.37. The molecule has 1 aromatic carbocycles. The van der Waals surface area contributed by atoms with Crippen molar-refractivity contribution in [3.63, 3.8) is 0 Å². The summed E-state index contributed by atoms with van der Waals surface area (Å²) < 4.78 is 5.09. The maximum Gasteiger partial charge on any atom is 0.407 e. The summed E-state index contributed by atoms with van der Waals surface area (Å²) >= 11 is 0. The van der Waals surface area contributed by atoms with Crippen LogP contribution in [0.15, 0.2) is 30.3 Å². The first-order chi connectivity index (χ1) is 8.75. The highest BCUT2D eigenvalue weighted by atomic mass is 16.5. The minimum atomic E-state index is -0.504. The molecule has 0 bridgehead atoms. The zero-order valence-corrected chi connectivity index (χ0v) is 10.1. The van der Waals surface area contributed by atoms with Gasteiger partial charge < -0.3 is 20.5 Å². The summed E-state index contributed by atoms with van der Waals surface area (Å²) in [6, 6.07) is 9.21. The van der Waals surface area contributed by atoms with Gasteiger partial charge in [-0.3, -0.25) is 0 Å². The standard InChI is InChI=1S/C13H18N2O3/c16-12-6-7-14-8-11(12)15-13(17)18-9-10-4-2-1-3-5-10/h1-5,11-12,14,16H,6-9H2,(H,15,17)/t11-,12+/m1/s1. The van der Waals surface area contributed by atoms with E-state index in [9.17, 15) is 9.90 Å². The van der Waals surface area contributed by atoms with Crippen molar-refractivity contribution in [2.24, 2.45) is 0 Å². The van der Waals surface area contributed by atoms with E-state index in [0.717, 1.165) is 12.1 Å². The summed E-state index contributed by atoms with van der Waals surface area (Å²) in [5.74, 6) is 0. The molecular weight excluding hydrogens is 232 g/mol. The molecule has 1 heterocycles. The van der Waals surface area contributed by atoms with Crippen LogP contribution in [0.4, 0.5) is 4.79 Å². The predicted molar refractivity (Wildman–Crippen MR) is 67.0 cm³/mol. The van der Waals surface area contributed by atoms with Crippen LogP contribution in [0.2, 0.25) is 0 Å². The van der Waals surface area contributed by atoms with Gasteiger partial charge in [0.1, 0.15) is 6.61 Å². The molecule has 0 aliphatic carbocycles. The van der Waals surface area contributed by atoms with Gasteiger partial charge in [-0.15, -0.1) is 0 Å². The molecule has 2 atom stereocenters. The lowest BCUT2D eigenvalue weighted by Crippen LogP contribution is -2.53. The molecule has 5 heteroatoms. The third kappa shape index (κ3) is 3.72. The Hall–Kier alpha value is -1.59. The number of nitrogens with one attached hydrogen (secondary N) is 2. The second-order valence-corrected chi connectivity index (χ2v) is 4.37. The van der Waals surface area contributed by atoms with Gasteiger partial charge in [-0.05, 0) is 18.5 Å². The van der Waals surface area contributed by atoms with E-state index in [-0.39, 0.29) is 12.6 Å². The van der Waals surface area contributed by atoms with Crippen LogP contribution in [0.1, 0.15) is 12.0 Å². The number of carbonyl (C=O) groups is 1. The lowest BCUT2D eigenvalue weighted by atomic mass is 10.0. The molecule has 0 saturated carbocycles. The van der Waals surface area contributed by atoms with E-state index in [1.54, 1.807) is 0 Å². The third-order valence-electron chi connectivity index (χ3n) is 2.96. The Morgan fingerprint density at radius 3 is 2.94 bits per heavy atom. The van der Waals surface area contributed by atoms with E-state index < -0.39 is 12.2 Å². The Morgan fingerprint density at radius 1 is 1.44 bits per heavy atom. The van der Waals surface area contributed by atoms with Gasteiger partial charge in [-0.1, -0.05) is 30.3 Å². The smallest absolute Gasteiger partial charge is 0.407 e. The fraction of sp³-hybridized carbons (Fsp3) is 0.462. The van der Waals surface area contributed by atoms with Crippen molar-refractivity contribution in [1.82, 2.24) is 10.6 Å². The van der Waals surface area contributed by atoms with E-state index in [2.05, 4.69) is 10.6 Å². The fourth-order valence-corrected chi connectivity index (χ4v) is 1.91. The number of rotatable bonds is 3. The highest BCUT2D eigenvalue weighted by molar-refractivity contribution is 5.67. The summed E-state index contributed by atoms with van der Waals surface area (Å²) in [6.45, 7) is 1.59. The topological polar surface area (TPSA) is 70.6 Å². The quantitative estimate of drug-likeness (QED) is 0.736. The summed E-state index contributed by atoms with van der Waals surface area (Å²) in [5.41, 5.74) is 0.940. The monoisotopic (exact) mass is 250 g/mol. The number of aliphatic hydroxyl groups is 1. The van der Waals surface area contributed by atoms with Crippen molar-refractivity contribution in [2.45, 2.75) is 25.2 Å². The number of aliphatic hydroxyl groups excluding tert-OH is 1. The van der Waals surface area contributed by atoms with Crippen molar-refractivity contribution < 1.29 is 14.6 Å². The number of alkyl carbamates (subject to hydrolysis) is 1. The molecule has 0 aromatic heterocycles. The van der Waals surface area contributed by atoms with Crippen LogP contribution in [0.5, 0.6) is 0 Å². The zero-order valence-electron chi connectivity index (χ0n) is 10.1. The summed E-state index contributed by atoms with van der Waals surface area (Å²) in [7, 11) is 0. The van der Waals surface area contributed by atoms with Crippen LogP contribution in [-0.4, -0.2) is 36.4 Å². The van der Waals surface area contributed by atoms with Gasteiger partial charge in [0.2, 0.25) is 0 Å². The normalized spacial score (nSPS) is 23.4. The van der Waals surface area contributed by atoms with Gasteiger partial charge >= 0.3 is 6.09 Å². The van der Waals surface area contributed by atoms with Crippen molar-refractivity contribution in [3.8, 4) is 0 Å². The first-order valence-corrected chi connectivity index (χ1v) is 6.11. The first-order valence-electron chi connectivity index (χ1n) is 6.11. The minimum Gasteiger partial charge on any atom is -0.445 e. The molecule has 1 aromatic rings. The highest BCUT2D eigenvalue weighted by Crippen LogP contribution is 2.04. The molecule has 1 aliphatic rings. The van der Waals surface area contributed by atoms with Gasteiger partial charge in [0.15, 0.2) is 0 Å². The van der Waals surface area contributed by atoms with E-state index in [0.29, 0.717) is 13.0 Å². The molecule has 0 spiro atoms. The molecule has 18 heavy (non-hydrogen) atoms. The first kappa shape index (κ1) is 12.9. The van der Waals surface area contributed by atoms with Crippen molar-refractivity contribution in [1.29, 1.82) is 0 Å². The largest absolute Gasteiger partial charge is 0.445 e. The Bertz CT molecular complexity index is 383. The van der Waals surface area contributed by atoms with Crippen LogP contribution in [0, 0.1) is 0 Å².